The molecular weight excluding hydrogens is 360 g/mol. The Morgan fingerprint density at radius 3 is 2.82 bits per heavy atom. The molecule has 2 nitrogen and oxygen atoms in total. The lowest BCUT2D eigenvalue weighted by Crippen LogP contribution is -2.00. The van der Waals surface area contributed by atoms with Crippen LogP contribution in [0.25, 0.3) is 43.7 Å². The maximum absolute atomic E-state index is 7.69. The molecule has 0 radical (unpaired) electrons. The van der Waals surface area contributed by atoms with Crippen LogP contribution >= 0.6 is 11.3 Å². The summed E-state index contributed by atoms with van der Waals surface area (Å²) in [4.78, 5) is 1.52. The van der Waals surface area contributed by atoms with Crippen molar-refractivity contribution in [1.82, 2.24) is 4.57 Å². The van der Waals surface area contributed by atoms with Gasteiger partial charge in [0.2, 0.25) is 0 Å². The van der Waals surface area contributed by atoms with Crippen molar-refractivity contribution in [3.8, 4) is 0 Å². The van der Waals surface area contributed by atoms with E-state index in [1.807, 2.05) is 11.3 Å². The van der Waals surface area contributed by atoms with E-state index in [2.05, 4.69) is 65.3 Å². The average molecular weight is 381 g/mol. The fourth-order valence-corrected chi connectivity index (χ4v) is 6.07. The summed E-state index contributed by atoms with van der Waals surface area (Å²) >= 11 is 1.97. The summed E-state index contributed by atoms with van der Waals surface area (Å²) < 4.78 is 3.80. The predicted molar refractivity (Wildman–Crippen MR) is 123 cm³/mol. The summed E-state index contributed by atoms with van der Waals surface area (Å²) in [7, 11) is 0. The molecule has 28 heavy (non-hydrogen) atoms. The largest absolute Gasteiger partial charge is 0.310 e. The van der Waals surface area contributed by atoms with Crippen molar-refractivity contribution >= 4 is 61.2 Å². The summed E-state index contributed by atoms with van der Waals surface area (Å²) in [5.74, 6) is 0. The normalized spacial score (nSPS) is 16.4. The van der Waals surface area contributed by atoms with E-state index in [9.17, 15) is 0 Å². The maximum Gasteiger partial charge on any atom is 0.0555 e. The van der Waals surface area contributed by atoms with Crippen molar-refractivity contribution in [3.63, 3.8) is 0 Å². The summed E-state index contributed by atoms with van der Waals surface area (Å²) in [5.41, 5.74) is 6.23. The number of nitrogens with one attached hydrogen (secondary N) is 1. The molecule has 0 atom stereocenters. The van der Waals surface area contributed by atoms with Gasteiger partial charge in [0.15, 0.2) is 0 Å². The molecule has 0 aliphatic heterocycles. The van der Waals surface area contributed by atoms with Crippen LogP contribution in [-0.4, -0.2) is 10.8 Å². The first-order valence-corrected chi connectivity index (χ1v) is 10.7. The van der Waals surface area contributed by atoms with E-state index in [1.54, 1.807) is 0 Å². The smallest absolute Gasteiger partial charge is 0.0555 e. The second-order valence-corrected chi connectivity index (χ2v) is 8.71. The minimum Gasteiger partial charge on any atom is -0.310 e. The van der Waals surface area contributed by atoms with Crippen molar-refractivity contribution in [3.05, 3.63) is 70.6 Å². The van der Waals surface area contributed by atoms with E-state index in [0.717, 1.165) is 31.3 Å². The fourth-order valence-electron chi connectivity index (χ4n) is 4.71. The molecule has 0 fully saturated rings. The molecule has 2 aliphatic rings. The standard InChI is InChI=1S/C25H20N2S/c26-15-16-6-5-7-17(14-16)27-21-10-3-1-9-20(21)24-22(27)13-12-19-18-8-2-4-11-23(18)28-25(19)24/h1-3,7-10,12-15,26H,4-6,11H2. The highest BCUT2D eigenvalue weighted by atomic mass is 32.1. The Labute approximate surface area is 167 Å². The lowest BCUT2D eigenvalue weighted by Gasteiger charge is -2.14. The second kappa shape index (κ2) is 6.05. The Morgan fingerprint density at radius 1 is 0.964 bits per heavy atom. The van der Waals surface area contributed by atoms with Crippen LogP contribution in [0.4, 0.5) is 0 Å². The number of para-hydroxylation sites is 1. The van der Waals surface area contributed by atoms with Gasteiger partial charge < -0.3 is 9.98 Å². The average Bonchev–Trinajstić information content (AvgIpc) is 3.29. The molecule has 6 rings (SSSR count). The topological polar surface area (TPSA) is 28.8 Å². The third-order valence-electron chi connectivity index (χ3n) is 5.99. The molecule has 1 N–H and O–H groups in total. The first kappa shape index (κ1) is 16.1. The number of fused-ring (bicyclic) bond motifs is 7. The van der Waals surface area contributed by atoms with E-state index in [4.69, 9.17) is 5.41 Å². The summed E-state index contributed by atoms with van der Waals surface area (Å²) in [5, 5.41) is 11.8. The lowest BCUT2D eigenvalue weighted by atomic mass is 10.0. The van der Waals surface area contributed by atoms with Gasteiger partial charge in [-0.1, -0.05) is 42.5 Å². The maximum atomic E-state index is 7.69. The number of hydrogen-bond acceptors (Lipinski definition) is 2. The highest BCUT2D eigenvalue weighted by Crippen LogP contribution is 2.44. The second-order valence-electron chi connectivity index (χ2n) is 7.60. The first-order chi connectivity index (χ1) is 13.8. The van der Waals surface area contributed by atoms with Crippen molar-refractivity contribution in [2.75, 3.05) is 0 Å². The van der Waals surface area contributed by atoms with Crippen molar-refractivity contribution < 1.29 is 0 Å². The molecule has 0 bridgehead atoms. The van der Waals surface area contributed by atoms with Crippen molar-refractivity contribution in [2.45, 2.75) is 25.7 Å². The number of hydrogen-bond donors (Lipinski definition) is 1. The molecule has 136 valence electrons. The molecule has 2 aromatic carbocycles. The Morgan fingerprint density at radius 2 is 1.89 bits per heavy atom. The van der Waals surface area contributed by atoms with Crippen LogP contribution in [0.1, 0.15) is 29.7 Å². The van der Waals surface area contributed by atoms with E-state index in [1.165, 1.54) is 54.2 Å². The molecule has 0 spiro atoms. The summed E-state index contributed by atoms with van der Waals surface area (Å²) in [6, 6.07) is 13.4. The van der Waals surface area contributed by atoms with Gasteiger partial charge in [-0.2, -0.15) is 0 Å². The summed E-state index contributed by atoms with van der Waals surface area (Å²) in [6.45, 7) is 0. The Bertz CT molecular complexity index is 1370. The monoisotopic (exact) mass is 380 g/mol. The van der Waals surface area contributed by atoms with Crippen LogP contribution in [0.15, 0.2) is 60.2 Å². The molecule has 0 unspecified atom stereocenters. The molecule has 0 amide bonds. The SMILES string of the molecule is N=CC1=CC(n2c3ccccc3c3c4sc5c(c4ccc32)C=CCC5)=CCC1. The zero-order chi connectivity index (χ0) is 18.7. The molecule has 2 heterocycles. The number of nitrogens with zero attached hydrogens (tertiary/aromatic N) is 1. The van der Waals surface area contributed by atoms with Gasteiger partial charge in [0, 0.05) is 37.6 Å². The molecule has 3 heteroatoms. The van der Waals surface area contributed by atoms with Gasteiger partial charge in [0.05, 0.1) is 11.0 Å². The number of benzene rings is 2. The first-order valence-electron chi connectivity index (χ1n) is 9.91. The molecule has 0 saturated carbocycles. The van der Waals surface area contributed by atoms with Crippen LogP contribution in [0.5, 0.6) is 0 Å². The number of thiophene rings is 1. The molecule has 2 aliphatic carbocycles. The fraction of sp³-hybridized carbons (Fsp3) is 0.160. The number of aryl methyl sites for hydroxylation is 1. The van der Waals surface area contributed by atoms with Gasteiger partial charge in [0.1, 0.15) is 0 Å². The quantitative estimate of drug-likeness (QED) is 0.357. The van der Waals surface area contributed by atoms with Crippen LogP contribution in [0.2, 0.25) is 0 Å². The summed E-state index contributed by atoms with van der Waals surface area (Å²) in [6.07, 6.45) is 14.8. The van der Waals surface area contributed by atoms with Crippen LogP contribution < -0.4 is 0 Å². The lowest BCUT2D eigenvalue weighted by molar-refractivity contribution is 0.993. The van der Waals surface area contributed by atoms with E-state index in [0.29, 0.717) is 0 Å². The Hall–Kier alpha value is -2.91. The van der Waals surface area contributed by atoms with Gasteiger partial charge in [-0.05, 0) is 55.0 Å². The van der Waals surface area contributed by atoms with Gasteiger partial charge in [-0.3, -0.25) is 0 Å². The number of aromatic nitrogens is 1. The number of allylic oxidation sites excluding steroid dienone is 5. The van der Waals surface area contributed by atoms with E-state index < -0.39 is 0 Å². The van der Waals surface area contributed by atoms with Gasteiger partial charge >= 0.3 is 0 Å². The van der Waals surface area contributed by atoms with Crippen LogP contribution in [-0.2, 0) is 6.42 Å². The zero-order valence-electron chi connectivity index (χ0n) is 15.5. The van der Waals surface area contributed by atoms with Crippen molar-refractivity contribution in [1.29, 1.82) is 5.41 Å². The molecule has 0 saturated heterocycles. The molecule has 4 aromatic rings. The number of rotatable bonds is 2. The van der Waals surface area contributed by atoms with E-state index in [-0.39, 0.29) is 0 Å². The third kappa shape index (κ3) is 2.17. The van der Waals surface area contributed by atoms with E-state index >= 15 is 0 Å². The zero-order valence-corrected chi connectivity index (χ0v) is 16.4. The van der Waals surface area contributed by atoms with Crippen LogP contribution in [0.3, 0.4) is 0 Å². The molecular formula is C25H20N2S. The van der Waals surface area contributed by atoms with Gasteiger partial charge in [-0.25, -0.2) is 0 Å². The van der Waals surface area contributed by atoms with Gasteiger partial charge in [0.25, 0.3) is 0 Å². The minimum atomic E-state index is 0.957. The van der Waals surface area contributed by atoms with Crippen LogP contribution in [0, 0.1) is 5.41 Å². The third-order valence-corrected chi connectivity index (χ3v) is 7.29. The highest BCUT2D eigenvalue weighted by molar-refractivity contribution is 7.20. The van der Waals surface area contributed by atoms with Gasteiger partial charge in [-0.15, -0.1) is 11.3 Å². The van der Waals surface area contributed by atoms with Crippen molar-refractivity contribution in [2.24, 2.45) is 0 Å². The Balaban J connectivity index is 1.76. The molecule has 2 aromatic heterocycles. The predicted octanol–water partition coefficient (Wildman–Crippen LogP) is 7.18. The highest BCUT2D eigenvalue weighted by Gasteiger charge is 2.20. The Kier molecular flexibility index (Phi) is 3.47. The minimum absolute atomic E-state index is 0.957.